The van der Waals surface area contributed by atoms with Crippen LogP contribution in [0.5, 0.6) is 11.5 Å². The van der Waals surface area contributed by atoms with Crippen LogP contribution in [-0.2, 0) is 21.2 Å². The molecule has 162 valence electrons. The highest BCUT2D eigenvalue weighted by Crippen LogP contribution is 2.31. The maximum absolute atomic E-state index is 12.5. The number of rotatable bonds is 9. The van der Waals surface area contributed by atoms with E-state index in [0.717, 1.165) is 12.8 Å². The number of ether oxygens (including phenoxy) is 2. The molecule has 0 spiro atoms. The van der Waals surface area contributed by atoms with Crippen molar-refractivity contribution in [3.05, 3.63) is 53.6 Å². The summed E-state index contributed by atoms with van der Waals surface area (Å²) in [7, 11) is -3.68. The maximum Gasteiger partial charge on any atom is 0.240 e. The minimum atomic E-state index is -3.68. The van der Waals surface area contributed by atoms with E-state index in [0.29, 0.717) is 37.7 Å². The van der Waals surface area contributed by atoms with Crippen LogP contribution in [0.3, 0.4) is 0 Å². The first-order valence-electron chi connectivity index (χ1n) is 10.2. The zero-order chi connectivity index (χ0) is 21.4. The summed E-state index contributed by atoms with van der Waals surface area (Å²) in [4.78, 5) is 12.1. The second kappa shape index (κ2) is 10.4. The van der Waals surface area contributed by atoms with Crippen molar-refractivity contribution in [1.29, 1.82) is 0 Å². The van der Waals surface area contributed by atoms with Crippen LogP contribution in [0.4, 0.5) is 0 Å². The molecule has 2 N–H and O–H groups in total. The average Bonchev–Trinajstić information content (AvgIpc) is 2.97. The molecule has 0 fully saturated rings. The largest absolute Gasteiger partial charge is 0.490 e. The lowest BCUT2D eigenvalue weighted by atomic mass is 10.1. The van der Waals surface area contributed by atoms with Crippen LogP contribution in [0.25, 0.3) is 0 Å². The van der Waals surface area contributed by atoms with E-state index in [9.17, 15) is 13.2 Å². The summed E-state index contributed by atoms with van der Waals surface area (Å²) in [6.45, 7) is 3.83. The molecular formula is C22H28N2O5S. The Morgan fingerprint density at radius 1 is 1.03 bits per heavy atom. The Morgan fingerprint density at radius 2 is 1.80 bits per heavy atom. The van der Waals surface area contributed by atoms with Crippen LogP contribution in [-0.4, -0.2) is 40.6 Å². The summed E-state index contributed by atoms with van der Waals surface area (Å²) in [6.07, 6.45) is 2.20. The summed E-state index contributed by atoms with van der Waals surface area (Å²) < 4.78 is 38.6. The Bertz CT molecular complexity index is 975. The van der Waals surface area contributed by atoms with Crippen molar-refractivity contribution in [3.8, 4) is 11.5 Å². The van der Waals surface area contributed by atoms with Crippen LogP contribution < -0.4 is 19.5 Å². The molecule has 2 aromatic carbocycles. The number of carbonyl (C=O) groups excluding carboxylic acids is 1. The number of aryl methyl sites for hydroxylation is 1. The van der Waals surface area contributed by atoms with E-state index in [1.54, 1.807) is 6.07 Å². The Morgan fingerprint density at radius 3 is 2.60 bits per heavy atom. The van der Waals surface area contributed by atoms with Crippen molar-refractivity contribution >= 4 is 15.9 Å². The molecule has 1 heterocycles. The van der Waals surface area contributed by atoms with Crippen molar-refractivity contribution in [2.45, 2.75) is 37.5 Å². The number of nitrogens with one attached hydrogen (secondary N) is 2. The Balaban J connectivity index is 1.40. The Hall–Kier alpha value is -2.58. The molecule has 30 heavy (non-hydrogen) atoms. The van der Waals surface area contributed by atoms with E-state index >= 15 is 0 Å². The van der Waals surface area contributed by atoms with Gasteiger partial charge in [0.25, 0.3) is 0 Å². The maximum atomic E-state index is 12.5. The normalized spacial score (nSPS) is 13.5. The Kier molecular flexibility index (Phi) is 7.70. The Labute approximate surface area is 177 Å². The van der Waals surface area contributed by atoms with Gasteiger partial charge in [-0.2, -0.15) is 0 Å². The SMILES string of the molecule is Cc1ccccc1CCNC(=O)CCCNS(=O)(=O)c1ccc2c(c1)OCCCO2. The third-order valence-electron chi connectivity index (χ3n) is 4.88. The van der Waals surface area contributed by atoms with Gasteiger partial charge in [-0.3, -0.25) is 4.79 Å². The lowest BCUT2D eigenvalue weighted by molar-refractivity contribution is -0.121. The molecular weight excluding hydrogens is 404 g/mol. The van der Waals surface area contributed by atoms with Crippen LogP contribution in [0.1, 0.15) is 30.4 Å². The fourth-order valence-corrected chi connectivity index (χ4v) is 4.25. The third kappa shape index (κ3) is 6.21. The van der Waals surface area contributed by atoms with E-state index in [-0.39, 0.29) is 23.8 Å². The zero-order valence-electron chi connectivity index (χ0n) is 17.1. The van der Waals surface area contributed by atoms with Crippen LogP contribution >= 0.6 is 0 Å². The summed E-state index contributed by atoms with van der Waals surface area (Å²) in [5, 5.41) is 2.88. The number of hydrogen-bond donors (Lipinski definition) is 2. The summed E-state index contributed by atoms with van der Waals surface area (Å²) in [6, 6.07) is 12.7. The first kappa shape index (κ1) is 22.1. The van der Waals surface area contributed by atoms with Gasteiger partial charge in [0.05, 0.1) is 18.1 Å². The molecule has 0 aromatic heterocycles. The number of amides is 1. The number of carbonyl (C=O) groups is 1. The molecule has 0 atom stereocenters. The average molecular weight is 433 g/mol. The van der Waals surface area contributed by atoms with Gasteiger partial charge in [-0.15, -0.1) is 0 Å². The van der Waals surface area contributed by atoms with Gasteiger partial charge in [-0.05, 0) is 43.0 Å². The lowest BCUT2D eigenvalue weighted by Gasteiger charge is -2.11. The van der Waals surface area contributed by atoms with Crippen molar-refractivity contribution < 1.29 is 22.7 Å². The van der Waals surface area contributed by atoms with E-state index in [4.69, 9.17) is 9.47 Å². The number of benzene rings is 2. The predicted molar refractivity (Wildman–Crippen MR) is 114 cm³/mol. The quantitative estimate of drug-likeness (QED) is 0.594. The van der Waals surface area contributed by atoms with Gasteiger partial charge < -0.3 is 14.8 Å². The second-order valence-electron chi connectivity index (χ2n) is 7.19. The molecule has 3 rings (SSSR count). The molecule has 0 unspecified atom stereocenters. The van der Waals surface area contributed by atoms with Gasteiger partial charge >= 0.3 is 0 Å². The van der Waals surface area contributed by atoms with Crippen molar-refractivity contribution in [3.63, 3.8) is 0 Å². The van der Waals surface area contributed by atoms with Gasteiger partial charge in [0.2, 0.25) is 15.9 Å². The first-order chi connectivity index (χ1) is 14.5. The lowest BCUT2D eigenvalue weighted by Crippen LogP contribution is -2.28. The smallest absolute Gasteiger partial charge is 0.240 e. The summed E-state index contributed by atoms with van der Waals surface area (Å²) in [5.74, 6) is 0.899. The molecule has 1 aliphatic rings. The highest BCUT2D eigenvalue weighted by Gasteiger charge is 2.18. The van der Waals surface area contributed by atoms with Gasteiger partial charge in [0, 0.05) is 32.0 Å². The van der Waals surface area contributed by atoms with Crippen molar-refractivity contribution in [2.75, 3.05) is 26.3 Å². The molecule has 8 heteroatoms. The highest BCUT2D eigenvalue weighted by atomic mass is 32.2. The zero-order valence-corrected chi connectivity index (χ0v) is 18.0. The molecule has 0 radical (unpaired) electrons. The molecule has 2 aromatic rings. The van der Waals surface area contributed by atoms with Gasteiger partial charge in [-0.1, -0.05) is 24.3 Å². The van der Waals surface area contributed by atoms with E-state index in [2.05, 4.69) is 16.1 Å². The number of sulfonamides is 1. The number of fused-ring (bicyclic) bond motifs is 1. The molecule has 1 amide bonds. The van der Waals surface area contributed by atoms with Crippen LogP contribution in [0.2, 0.25) is 0 Å². The van der Waals surface area contributed by atoms with Crippen LogP contribution in [0, 0.1) is 6.92 Å². The highest BCUT2D eigenvalue weighted by molar-refractivity contribution is 7.89. The minimum absolute atomic E-state index is 0.0849. The fraction of sp³-hybridized carbons (Fsp3) is 0.409. The van der Waals surface area contributed by atoms with Crippen LogP contribution in [0.15, 0.2) is 47.4 Å². The minimum Gasteiger partial charge on any atom is -0.490 e. The van der Waals surface area contributed by atoms with E-state index in [1.165, 1.54) is 23.3 Å². The van der Waals surface area contributed by atoms with Crippen molar-refractivity contribution in [2.24, 2.45) is 0 Å². The van der Waals surface area contributed by atoms with Crippen molar-refractivity contribution in [1.82, 2.24) is 10.0 Å². The molecule has 0 bridgehead atoms. The number of hydrogen-bond acceptors (Lipinski definition) is 5. The summed E-state index contributed by atoms with van der Waals surface area (Å²) in [5.41, 5.74) is 2.41. The predicted octanol–water partition coefficient (Wildman–Crippen LogP) is 2.57. The third-order valence-corrected chi connectivity index (χ3v) is 6.34. The first-order valence-corrected chi connectivity index (χ1v) is 11.6. The topological polar surface area (TPSA) is 93.7 Å². The standard InChI is InChI=1S/C22H28N2O5S/c1-17-6-2-3-7-18(17)11-13-23-22(25)8-4-12-24-30(26,27)19-9-10-20-21(16-19)29-15-5-14-28-20/h2-3,6-7,9-10,16,24H,4-5,8,11-15H2,1H3,(H,23,25). The van der Waals surface area contributed by atoms with E-state index < -0.39 is 10.0 Å². The van der Waals surface area contributed by atoms with Gasteiger partial charge in [0.1, 0.15) is 0 Å². The molecule has 1 aliphatic heterocycles. The molecule has 0 saturated heterocycles. The molecule has 7 nitrogen and oxygen atoms in total. The van der Waals surface area contributed by atoms with E-state index in [1.807, 2.05) is 25.1 Å². The molecule has 0 saturated carbocycles. The second-order valence-corrected chi connectivity index (χ2v) is 8.95. The monoisotopic (exact) mass is 432 g/mol. The fourth-order valence-electron chi connectivity index (χ4n) is 3.17. The van der Waals surface area contributed by atoms with Gasteiger partial charge in [-0.25, -0.2) is 13.1 Å². The summed E-state index contributed by atoms with van der Waals surface area (Å²) >= 11 is 0. The van der Waals surface area contributed by atoms with Gasteiger partial charge in [0.15, 0.2) is 11.5 Å². The molecule has 0 aliphatic carbocycles.